The number of hydrogen-bond donors (Lipinski definition) is 1. The molecule has 0 bridgehead atoms. The number of aromatic nitrogens is 2. The number of Topliss-reactive ketones (excluding diaryl/α,β-unsaturated/α-hetero) is 1. The molecule has 0 saturated carbocycles. The largest absolute Gasteiger partial charge is 0.471 e. The predicted octanol–water partition coefficient (Wildman–Crippen LogP) is 2.49. The van der Waals surface area contributed by atoms with Crippen molar-refractivity contribution >= 4 is 11.7 Å². The van der Waals surface area contributed by atoms with E-state index >= 15 is 0 Å². The van der Waals surface area contributed by atoms with Crippen LogP contribution >= 0.6 is 0 Å². The van der Waals surface area contributed by atoms with E-state index in [0.29, 0.717) is 5.56 Å². The van der Waals surface area contributed by atoms with Gasteiger partial charge in [0.2, 0.25) is 11.6 Å². The van der Waals surface area contributed by atoms with Crippen molar-refractivity contribution in [3.8, 4) is 11.4 Å². The van der Waals surface area contributed by atoms with Gasteiger partial charge in [-0.1, -0.05) is 18.1 Å². The molecular formula is C14H11F4N3O3. The van der Waals surface area contributed by atoms with Crippen LogP contribution in [-0.2, 0) is 22.3 Å². The van der Waals surface area contributed by atoms with Gasteiger partial charge < -0.3 is 9.84 Å². The van der Waals surface area contributed by atoms with E-state index in [4.69, 9.17) is 0 Å². The van der Waals surface area contributed by atoms with Gasteiger partial charge in [-0.2, -0.15) is 18.2 Å². The minimum atomic E-state index is -4.82. The molecule has 2 aromatic rings. The molecule has 0 aliphatic heterocycles. The highest BCUT2D eigenvalue weighted by Gasteiger charge is 2.38. The molecular weight excluding hydrogens is 334 g/mol. The number of nitrogens with zero attached hydrogens (tertiary/aromatic N) is 2. The molecule has 0 fully saturated rings. The Morgan fingerprint density at radius 3 is 2.54 bits per heavy atom. The lowest BCUT2D eigenvalue weighted by atomic mass is 10.1. The lowest BCUT2D eigenvalue weighted by molar-refractivity contribution is -0.159. The van der Waals surface area contributed by atoms with Gasteiger partial charge in [0.05, 0.1) is 5.56 Å². The second-order valence-electron chi connectivity index (χ2n) is 4.69. The van der Waals surface area contributed by atoms with E-state index in [2.05, 4.69) is 20.0 Å². The van der Waals surface area contributed by atoms with Crippen LogP contribution in [0.25, 0.3) is 11.4 Å². The number of halogens is 4. The first-order valence-corrected chi connectivity index (χ1v) is 6.73. The molecule has 6 nitrogen and oxygen atoms in total. The molecule has 0 aliphatic rings. The summed E-state index contributed by atoms with van der Waals surface area (Å²) in [5.41, 5.74) is 0.0296. The minimum Gasteiger partial charge on any atom is -0.345 e. The topological polar surface area (TPSA) is 85.1 Å². The van der Waals surface area contributed by atoms with Crippen LogP contribution in [0.2, 0.25) is 0 Å². The van der Waals surface area contributed by atoms with Gasteiger partial charge in [-0.3, -0.25) is 9.59 Å². The van der Waals surface area contributed by atoms with Gasteiger partial charge in [-0.05, 0) is 17.7 Å². The number of hydrogen-bond acceptors (Lipinski definition) is 5. The molecule has 128 valence electrons. The van der Waals surface area contributed by atoms with Crippen molar-refractivity contribution in [2.24, 2.45) is 0 Å². The van der Waals surface area contributed by atoms with Crippen molar-refractivity contribution in [3.63, 3.8) is 0 Å². The SMILES string of the molecule is CCC(=O)C(=O)NCc1ccc(-c2noc(C(F)(F)F)n2)c(F)c1. The van der Waals surface area contributed by atoms with Gasteiger partial charge in [0.25, 0.3) is 5.91 Å². The van der Waals surface area contributed by atoms with E-state index in [-0.39, 0.29) is 18.5 Å². The standard InChI is InChI=1S/C14H11F4N3O3/c1-2-10(22)12(23)19-6-7-3-4-8(9(15)5-7)11-20-13(24-21-11)14(16,17)18/h3-5H,2,6H2,1H3,(H,19,23). The van der Waals surface area contributed by atoms with Gasteiger partial charge in [0, 0.05) is 13.0 Å². The van der Waals surface area contributed by atoms with Crippen LogP contribution in [0.4, 0.5) is 17.6 Å². The summed E-state index contributed by atoms with van der Waals surface area (Å²) in [6, 6.07) is 3.51. The van der Waals surface area contributed by atoms with Gasteiger partial charge >= 0.3 is 12.1 Å². The van der Waals surface area contributed by atoms with Crippen molar-refractivity contribution in [3.05, 3.63) is 35.5 Å². The fourth-order valence-electron chi connectivity index (χ4n) is 1.74. The van der Waals surface area contributed by atoms with Crippen molar-refractivity contribution in [2.45, 2.75) is 26.1 Å². The minimum absolute atomic E-state index is 0.0402. The van der Waals surface area contributed by atoms with Crippen LogP contribution in [0.3, 0.4) is 0 Å². The molecule has 0 spiro atoms. The van der Waals surface area contributed by atoms with E-state index in [1.165, 1.54) is 13.0 Å². The Morgan fingerprint density at radius 1 is 1.29 bits per heavy atom. The number of alkyl halides is 3. The quantitative estimate of drug-likeness (QED) is 0.665. The third-order valence-corrected chi connectivity index (χ3v) is 2.97. The average molecular weight is 345 g/mol. The molecule has 24 heavy (non-hydrogen) atoms. The van der Waals surface area contributed by atoms with Crippen LogP contribution in [0.15, 0.2) is 22.7 Å². The fraction of sp³-hybridized carbons (Fsp3) is 0.286. The summed E-state index contributed by atoms with van der Waals surface area (Å²) in [5, 5.41) is 5.40. The highest BCUT2D eigenvalue weighted by molar-refractivity contribution is 6.35. The molecule has 1 aromatic heterocycles. The van der Waals surface area contributed by atoms with E-state index in [9.17, 15) is 27.2 Å². The van der Waals surface area contributed by atoms with E-state index < -0.39 is 35.4 Å². The molecule has 1 amide bonds. The van der Waals surface area contributed by atoms with Crippen molar-refractivity contribution in [1.82, 2.24) is 15.5 Å². The van der Waals surface area contributed by atoms with Gasteiger partial charge in [-0.25, -0.2) is 4.39 Å². The Balaban J connectivity index is 2.14. The summed E-state index contributed by atoms with van der Waals surface area (Å²) < 4.78 is 55.2. The second-order valence-corrected chi connectivity index (χ2v) is 4.69. The third kappa shape index (κ3) is 3.94. The Hall–Kier alpha value is -2.78. The number of carbonyl (C=O) groups excluding carboxylic acids is 2. The number of amides is 1. The number of benzene rings is 1. The lowest BCUT2D eigenvalue weighted by Gasteiger charge is -2.05. The fourth-order valence-corrected chi connectivity index (χ4v) is 1.74. The molecule has 1 aromatic carbocycles. The summed E-state index contributed by atoms with van der Waals surface area (Å²) in [6.45, 7) is 1.41. The highest BCUT2D eigenvalue weighted by atomic mass is 19.4. The summed E-state index contributed by atoms with van der Waals surface area (Å²) in [4.78, 5) is 25.5. The van der Waals surface area contributed by atoms with Gasteiger partial charge in [0.1, 0.15) is 5.82 Å². The molecule has 0 saturated heterocycles. The third-order valence-electron chi connectivity index (χ3n) is 2.97. The second kappa shape index (κ2) is 6.77. The first-order chi connectivity index (χ1) is 11.2. The molecule has 1 N–H and O–H groups in total. The molecule has 1 heterocycles. The van der Waals surface area contributed by atoms with Crippen LogP contribution in [0.5, 0.6) is 0 Å². The summed E-state index contributed by atoms with van der Waals surface area (Å²) >= 11 is 0. The molecule has 10 heteroatoms. The predicted molar refractivity (Wildman–Crippen MR) is 71.8 cm³/mol. The van der Waals surface area contributed by atoms with Gasteiger partial charge in [0.15, 0.2) is 0 Å². The summed E-state index contributed by atoms with van der Waals surface area (Å²) in [5.74, 6) is -4.42. The molecule has 0 radical (unpaired) electrons. The maximum absolute atomic E-state index is 14.0. The van der Waals surface area contributed by atoms with Crippen LogP contribution < -0.4 is 5.32 Å². The first kappa shape index (κ1) is 17.6. The first-order valence-electron chi connectivity index (χ1n) is 6.73. The smallest absolute Gasteiger partial charge is 0.345 e. The Bertz CT molecular complexity index is 771. The van der Waals surface area contributed by atoms with E-state index in [1.54, 1.807) is 0 Å². The lowest BCUT2D eigenvalue weighted by Crippen LogP contribution is -2.29. The molecule has 0 unspecified atom stereocenters. The van der Waals surface area contributed by atoms with E-state index in [0.717, 1.165) is 12.1 Å². The Labute approximate surface area is 132 Å². The monoisotopic (exact) mass is 345 g/mol. The highest BCUT2D eigenvalue weighted by Crippen LogP contribution is 2.30. The maximum Gasteiger partial charge on any atom is 0.471 e. The maximum atomic E-state index is 14.0. The number of ketones is 1. The average Bonchev–Trinajstić information content (AvgIpc) is 3.01. The van der Waals surface area contributed by atoms with Crippen molar-refractivity contribution in [2.75, 3.05) is 0 Å². The zero-order valence-electron chi connectivity index (χ0n) is 12.3. The van der Waals surface area contributed by atoms with Crippen molar-refractivity contribution < 1.29 is 31.7 Å². The number of nitrogens with one attached hydrogen (secondary N) is 1. The van der Waals surface area contributed by atoms with Crippen molar-refractivity contribution in [1.29, 1.82) is 0 Å². The molecule has 0 atom stereocenters. The zero-order chi connectivity index (χ0) is 17.9. The van der Waals surface area contributed by atoms with Crippen LogP contribution in [0.1, 0.15) is 24.8 Å². The normalized spacial score (nSPS) is 11.4. The van der Waals surface area contributed by atoms with Crippen LogP contribution in [0, 0.1) is 5.82 Å². The van der Waals surface area contributed by atoms with Gasteiger partial charge in [-0.15, -0.1) is 0 Å². The number of rotatable bonds is 5. The summed E-state index contributed by atoms with van der Waals surface area (Å²) in [7, 11) is 0. The zero-order valence-corrected chi connectivity index (χ0v) is 12.3. The summed E-state index contributed by atoms with van der Waals surface area (Å²) in [6.07, 6.45) is -4.78. The molecule has 2 rings (SSSR count). The Morgan fingerprint density at radius 2 is 2.00 bits per heavy atom. The van der Waals surface area contributed by atoms with Crippen LogP contribution in [-0.4, -0.2) is 21.8 Å². The molecule has 0 aliphatic carbocycles. The Kier molecular flexibility index (Phi) is 4.96. The number of carbonyl (C=O) groups is 2. The van der Waals surface area contributed by atoms with E-state index in [1.807, 2.05) is 0 Å².